The molecule has 1 aromatic heterocycles. The first-order valence-corrected chi connectivity index (χ1v) is 10.0. The summed E-state index contributed by atoms with van der Waals surface area (Å²) in [7, 11) is 4.28. The van der Waals surface area contributed by atoms with Crippen LogP contribution in [0.3, 0.4) is 0 Å². The highest BCUT2D eigenvalue weighted by atomic mass is 16.5. The molecule has 1 amide bonds. The first-order valence-electron chi connectivity index (χ1n) is 10.0. The summed E-state index contributed by atoms with van der Waals surface area (Å²) in [5, 5.41) is 3.97. The Morgan fingerprint density at radius 1 is 1.21 bits per heavy atom. The fourth-order valence-corrected chi connectivity index (χ4v) is 4.60. The summed E-state index contributed by atoms with van der Waals surface area (Å²) in [4.78, 5) is 17.6. The molecule has 2 aromatic rings. The number of aromatic nitrogens is 1. The molecule has 0 atom stereocenters. The van der Waals surface area contributed by atoms with Crippen molar-refractivity contribution in [3.63, 3.8) is 0 Å². The summed E-state index contributed by atoms with van der Waals surface area (Å²) < 4.78 is 11.9. The molecule has 28 heavy (non-hydrogen) atoms. The quantitative estimate of drug-likeness (QED) is 0.793. The zero-order valence-electron chi connectivity index (χ0n) is 17.2. The highest BCUT2D eigenvalue weighted by molar-refractivity contribution is 5.96. The number of rotatable bonds is 2. The molecule has 6 nitrogen and oxygen atoms in total. The molecular weight excluding hydrogens is 354 g/mol. The smallest absolute Gasteiger partial charge is 0.259 e. The van der Waals surface area contributed by atoms with Crippen LogP contribution >= 0.6 is 0 Å². The predicted octanol–water partition coefficient (Wildman–Crippen LogP) is 3.57. The summed E-state index contributed by atoms with van der Waals surface area (Å²) in [5.41, 5.74) is 1.94. The van der Waals surface area contributed by atoms with E-state index < -0.39 is 0 Å². The number of hydrogen-bond donors (Lipinski definition) is 0. The number of carbonyl (C=O) groups excluding carboxylic acids is 1. The van der Waals surface area contributed by atoms with E-state index in [1.54, 1.807) is 6.92 Å². The largest absolute Gasteiger partial charge is 0.485 e. The van der Waals surface area contributed by atoms with Gasteiger partial charge >= 0.3 is 0 Å². The van der Waals surface area contributed by atoms with Crippen LogP contribution < -0.4 is 4.74 Å². The maximum atomic E-state index is 13.4. The Kier molecular flexibility index (Phi) is 4.91. The maximum absolute atomic E-state index is 13.4. The molecule has 1 saturated carbocycles. The van der Waals surface area contributed by atoms with Crippen molar-refractivity contribution in [3.05, 3.63) is 46.8 Å². The summed E-state index contributed by atoms with van der Waals surface area (Å²) >= 11 is 0. The van der Waals surface area contributed by atoms with Crippen molar-refractivity contribution in [2.24, 2.45) is 0 Å². The molecular formula is C22H29N3O3. The number of carbonyl (C=O) groups is 1. The minimum absolute atomic E-state index is 0.0225. The van der Waals surface area contributed by atoms with Gasteiger partial charge in [0.2, 0.25) is 0 Å². The topological polar surface area (TPSA) is 58.8 Å². The molecule has 1 spiro atoms. The summed E-state index contributed by atoms with van der Waals surface area (Å²) in [5.74, 6) is 1.46. The van der Waals surface area contributed by atoms with Gasteiger partial charge in [-0.05, 0) is 59.7 Å². The molecule has 4 rings (SSSR count). The molecule has 0 N–H and O–H groups in total. The zero-order chi connectivity index (χ0) is 19.9. The molecule has 0 bridgehead atoms. The van der Waals surface area contributed by atoms with E-state index >= 15 is 0 Å². The van der Waals surface area contributed by atoms with E-state index in [9.17, 15) is 4.79 Å². The molecule has 1 aromatic carbocycles. The molecule has 150 valence electrons. The van der Waals surface area contributed by atoms with Crippen LogP contribution in [0.4, 0.5) is 0 Å². The second-order valence-electron chi connectivity index (χ2n) is 8.45. The molecule has 2 aliphatic rings. The molecule has 1 fully saturated rings. The number of fused-ring (bicyclic) bond motifs is 1. The maximum Gasteiger partial charge on any atom is 0.259 e. The fourth-order valence-electron chi connectivity index (χ4n) is 4.60. The highest BCUT2D eigenvalue weighted by Gasteiger charge is 2.43. The Bertz CT molecular complexity index is 846. The lowest BCUT2D eigenvalue weighted by Gasteiger charge is -2.43. The summed E-state index contributed by atoms with van der Waals surface area (Å²) in [6.07, 6.45) is 4.02. The van der Waals surface area contributed by atoms with Gasteiger partial charge in [0.1, 0.15) is 22.7 Å². The number of nitrogens with zero attached hydrogens (tertiary/aromatic N) is 3. The average Bonchev–Trinajstić information content (AvgIpc) is 2.91. The molecule has 0 saturated heterocycles. The van der Waals surface area contributed by atoms with Crippen LogP contribution in [-0.4, -0.2) is 53.1 Å². The second-order valence-corrected chi connectivity index (χ2v) is 8.45. The van der Waals surface area contributed by atoms with Crippen LogP contribution in [-0.2, 0) is 6.54 Å². The van der Waals surface area contributed by atoms with Gasteiger partial charge in [0.05, 0.1) is 12.2 Å². The van der Waals surface area contributed by atoms with Crippen molar-refractivity contribution in [3.8, 4) is 5.75 Å². The third-order valence-electron chi connectivity index (χ3n) is 6.27. The van der Waals surface area contributed by atoms with Gasteiger partial charge in [0, 0.05) is 18.2 Å². The average molecular weight is 383 g/mol. The van der Waals surface area contributed by atoms with Crippen LogP contribution in [0.2, 0.25) is 0 Å². The lowest BCUT2D eigenvalue weighted by molar-refractivity contribution is -0.00933. The minimum atomic E-state index is -0.340. The van der Waals surface area contributed by atoms with Gasteiger partial charge in [0.15, 0.2) is 0 Å². The van der Waals surface area contributed by atoms with Crippen LogP contribution in [0, 0.1) is 13.8 Å². The predicted molar refractivity (Wildman–Crippen MR) is 106 cm³/mol. The lowest BCUT2D eigenvalue weighted by Crippen LogP contribution is -2.51. The number of ether oxygens (including phenoxy) is 1. The minimum Gasteiger partial charge on any atom is -0.485 e. The van der Waals surface area contributed by atoms with Crippen molar-refractivity contribution >= 4 is 5.91 Å². The van der Waals surface area contributed by atoms with E-state index in [0.29, 0.717) is 36.1 Å². The monoisotopic (exact) mass is 383 g/mol. The Hall–Kier alpha value is -2.34. The van der Waals surface area contributed by atoms with Crippen LogP contribution in [0.15, 0.2) is 28.8 Å². The number of aryl methyl sites for hydroxylation is 2. The van der Waals surface area contributed by atoms with E-state index in [0.717, 1.165) is 37.0 Å². The number of hydrogen-bond acceptors (Lipinski definition) is 5. The third kappa shape index (κ3) is 3.41. The van der Waals surface area contributed by atoms with Gasteiger partial charge < -0.3 is 19.1 Å². The highest BCUT2D eigenvalue weighted by Crippen LogP contribution is 2.39. The standard InChI is InChI=1S/C22H29N3O3/c1-15-20(16(2)28-23-15)21(26)25-13-17-7-5-6-8-19(17)27-22(14-25)11-9-18(10-12-22)24(3)4/h5-8,18H,9-14H2,1-4H3. The second kappa shape index (κ2) is 7.24. The van der Waals surface area contributed by atoms with Gasteiger partial charge in [-0.1, -0.05) is 23.4 Å². The van der Waals surface area contributed by atoms with E-state index in [-0.39, 0.29) is 11.5 Å². The van der Waals surface area contributed by atoms with Gasteiger partial charge in [-0.2, -0.15) is 0 Å². The SMILES string of the molecule is Cc1noc(C)c1C(=O)N1Cc2ccccc2OC2(CCC(N(C)C)CC2)C1. The van der Waals surface area contributed by atoms with Gasteiger partial charge in [-0.15, -0.1) is 0 Å². The van der Waals surface area contributed by atoms with Crippen LogP contribution in [0.25, 0.3) is 0 Å². The fraction of sp³-hybridized carbons (Fsp3) is 0.545. The Morgan fingerprint density at radius 3 is 2.57 bits per heavy atom. The van der Waals surface area contributed by atoms with Gasteiger partial charge in [-0.25, -0.2) is 0 Å². The Balaban J connectivity index is 1.67. The molecule has 6 heteroatoms. The van der Waals surface area contributed by atoms with E-state index in [1.165, 1.54) is 0 Å². The molecule has 1 aliphatic heterocycles. The Morgan fingerprint density at radius 2 is 1.93 bits per heavy atom. The summed E-state index contributed by atoms with van der Waals surface area (Å²) in [6.45, 7) is 4.75. The van der Waals surface area contributed by atoms with Crippen molar-refractivity contribution in [1.82, 2.24) is 15.0 Å². The molecule has 1 aliphatic carbocycles. The van der Waals surface area contributed by atoms with E-state index in [2.05, 4.69) is 24.2 Å². The van der Waals surface area contributed by atoms with Crippen molar-refractivity contribution in [2.45, 2.75) is 57.7 Å². The van der Waals surface area contributed by atoms with Gasteiger partial charge in [0.25, 0.3) is 5.91 Å². The van der Waals surface area contributed by atoms with E-state index in [4.69, 9.17) is 9.26 Å². The summed E-state index contributed by atoms with van der Waals surface area (Å²) in [6, 6.07) is 8.65. The van der Waals surface area contributed by atoms with E-state index in [1.807, 2.05) is 36.1 Å². The third-order valence-corrected chi connectivity index (χ3v) is 6.27. The number of para-hydroxylation sites is 1. The molecule has 0 unspecified atom stereocenters. The molecule has 0 radical (unpaired) electrons. The first kappa shape index (κ1) is 19.0. The lowest BCUT2D eigenvalue weighted by atomic mass is 9.81. The number of amides is 1. The van der Waals surface area contributed by atoms with Crippen molar-refractivity contribution in [2.75, 3.05) is 20.6 Å². The van der Waals surface area contributed by atoms with Crippen molar-refractivity contribution < 1.29 is 14.1 Å². The van der Waals surface area contributed by atoms with Crippen molar-refractivity contribution in [1.29, 1.82) is 0 Å². The molecule has 2 heterocycles. The van der Waals surface area contributed by atoms with Crippen LogP contribution in [0.1, 0.15) is 53.1 Å². The first-order chi connectivity index (χ1) is 13.4. The zero-order valence-corrected chi connectivity index (χ0v) is 17.2. The number of benzene rings is 1. The normalized spacial score (nSPS) is 24.8. The van der Waals surface area contributed by atoms with Gasteiger partial charge in [-0.3, -0.25) is 4.79 Å². The van der Waals surface area contributed by atoms with Crippen LogP contribution in [0.5, 0.6) is 5.75 Å². The Labute approximate surface area is 166 Å².